The molecule has 0 amide bonds. The SMILES string of the molecule is COc1ccc(/C=C/c2ccc3cc(C)ccc3c2)cc1. The number of ether oxygens (including phenoxy) is 1. The first-order valence-corrected chi connectivity index (χ1v) is 7.07. The number of benzene rings is 3. The Morgan fingerprint density at radius 3 is 2.10 bits per heavy atom. The van der Waals surface area contributed by atoms with Crippen LogP contribution in [0.5, 0.6) is 5.75 Å². The average molecular weight is 274 g/mol. The van der Waals surface area contributed by atoms with Gasteiger partial charge in [-0.3, -0.25) is 0 Å². The summed E-state index contributed by atoms with van der Waals surface area (Å²) >= 11 is 0. The number of rotatable bonds is 3. The van der Waals surface area contributed by atoms with Crippen LogP contribution in [0, 0.1) is 6.92 Å². The third-order valence-electron chi connectivity index (χ3n) is 3.60. The maximum atomic E-state index is 5.17. The van der Waals surface area contributed by atoms with Gasteiger partial charge in [0.25, 0.3) is 0 Å². The van der Waals surface area contributed by atoms with Gasteiger partial charge in [0.2, 0.25) is 0 Å². The second-order valence-corrected chi connectivity index (χ2v) is 5.22. The van der Waals surface area contributed by atoms with Crippen LogP contribution in [-0.2, 0) is 0 Å². The van der Waals surface area contributed by atoms with Crippen LogP contribution in [0.1, 0.15) is 16.7 Å². The van der Waals surface area contributed by atoms with E-state index in [-0.39, 0.29) is 0 Å². The van der Waals surface area contributed by atoms with Crippen molar-refractivity contribution in [3.8, 4) is 5.75 Å². The molecule has 0 heterocycles. The molecule has 0 saturated carbocycles. The Morgan fingerprint density at radius 1 is 0.714 bits per heavy atom. The molecule has 104 valence electrons. The zero-order valence-corrected chi connectivity index (χ0v) is 12.3. The first-order chi connectivity index (χ1) is 10.2. The van der Waals surface area contributed by atoms with Gasteiger partial charge in [-0.1, -0.05) is 60.2 Å². The highest BCUT2D eigenvalue weighted by Crippen LogP contribution is 2.19. The van der Waals surface area contributed by atoms with Crippen molar-refractivity contribution in [1.29, 1.82) is 0 Å². The average Bonchev–Trinajstić information content (AvgIpc) is 2.53. The van der Waals surface area contributed by atoms with Crippen LogP contribution in [0.15, 0.2) is 60.7 Å². The predicted molar refractivity (Wildman–Crippen MR) is 90.6 cm³/mol. The zero-order valence-electron chi connectivity index (χ0n) is 12.3. The van der Waals surface area contributed by atoms with Crippen LogP contribution in [-0.4, -0.2) is 7.11 Å². The van der Waals surface area contributed by atoms with E-state index in [0.29, 0.717) is 0 Å². The molecule has 0 aliphatic heterocycles. The third kappa shape index (κ3) is 3.14. The lowest BCUT2D eigenvalue weighted by Crippen LogP contribution is -1.81. The molecule has 0 bridgehead atoms. The van der Waals surface area contributed by atoms with Crippen molar-refractivity contribution >= 4 is 22.9 Å². The molecule has 1 nitrogen and oxygen atoms in total. The van der Waals surface area contributed by atoms with Gasteiger partial charge in [-0.05, 0) is 47.0 Å². The van der Waals surface area contributed by atoms with E-state index in [0.717, 1.165) is 5.75 Å². The smallest absolute Gasteiger partial charge is 0.118 e. The molecule has 3 aromatic carbocycles. The molecule has 0 saturated heterocycles. The van der Waals surface area contributed by atoms with Crippen molar-refractivity contribution in [3.05, 3.63) is 77.4 Å². The van der Waals surface area contributed by atoms with E-state index in [1.165, 1.54) is 27.5 Å². The fraction of sp³-hybridized carbons (Fsp3) is 0.100. The third-order valence-corrected chi connectivity index (χ3v) is 3.60. The largest absolute Gasteiger partial charge is 0.497 e. The van der Waals surface area contributed by atoms with Crippen LogP contribution in [0.2, 0.25) is 0 Å². The Hall–Kier alpha value is -2.54. The molecule has 0 aromatic heterocycles. The number of hydrogen-bond acceptors (Lipinski definition) is 1. The highest BCUT2D eigenvalue weighted by molar-refractivity contribution is 5.86. The van der Waals surface area contributed by atoms with Crippen molar-refractivity contribution in [2.45, 2.75) is 6.92 Å². The van der Waals surface area contributed by atoms with Crippen LogP contribution < -0.4 is 4.74 Å². The highest BCUT2D eigenvalue weighted by atomic mass is 16.5. The van der Waals surface area contributed by atoms with Gasteiger partial charge in [-0.2, -0.15) is 0 Å². The molecule has 21 heavy (non-hydrogen) atoms. The van der Waals surface area contributed by atoms with E-state index in [1.807, 2.05) is 12.1 Å². The van der Waals surface area contributed by atoms with E-state index in [1.54, 1.807) is 7.11 Å². The first-order valence-electron chi connectivity index (χ1n) is 7.07. The van der Waals surface area contributed by atoms with E-state index >= 15 is 0 Å². The summed E-state index contributed by atoms with van der Waals surface area (Å²) in [5.74, 6) is 0.883. The fourth-order valence-electron chi connectivity index (χ4n) is 2.39. The Labute approximate surface area is 125 Å². The van der Waals surface area contributed by atoms with Gasteiger partial charge in [-0.25, -0.2) is 0 Å². The molecule has 0 aliphatic rings. The summed E-state index contributed by atoms with van der Waals surface area (Å²) in [6.07, 6.45) is 4.26. The minimum absolute atomic E-state index is 0.883. The van der Waals surface area contributed by atoms with Crippen LogP contribution >= 0.6 is 0 Å². The second kappa shape index (κ2) is 5.84. The Balaban J connectivity index is 1.86. The fourth-order valence-corrected chi connectivity index (χ4v) is 2.39. The summed E-state index contributed by atoms with van der Waals surface area (Å²) in [6.45, 7) is 2.12. The molecule has 0 aliphatic carbocycles. The van der Waals surface area contributed by atoms with Crippen molar-refractivity contribution in [2.75, 3.05) is 7.11 Å². The lowest BCUT2D eigenvalue weighted by molar-refractivity contribution is 0.415. The molecule has 3 aromatic rings. The van der Waals surface area contributed by atoms with Crippen molar-refractivity contribution in [2.24, 2.45) is 0 Å². The monoisotopic (exact) mass is 274 g/mol. The summed E-state index contributed by atoms with van der Waals surface area (Å²) in [4.78, 5) is 0. The van der Waals surface area contributed by atoms with Crippen molar-refractivity contribution in [1.82, 2.24) is 0 Å². The van der Waals surface area contributed by atoms with E-state index in [2.05, 4.69) is 67.6 Å². The second-order valence-electron chi connectivity index (χ2n) is 5.22. The summed E-state index contributed by atoms with van der Waals surface area (Å²) in [5.41, 5.74) is 3.67. The number of fused-ring (bicyclic) bond motifs is 1. The summed E-state index contributed by atoms with van der Waals surface area (Å²) in [7, 11) is 1.68. The Kier molecular flexibility index (Phi) is 3.74. The number of hydrogen-bond donors (Lipinski definition) is 0. The number of aryl methyl sites for hydroxylation is 1. The van der Waals surface area contributed by atoms with Gasteiger partial charge in [0.15, 0.2) is 0 Å². The van der Waals surface area contributed by atoms with Crippen LogP contribution in [0.25, 0.3) is 22.9 Å². The van der Waals surface area contributed by atoms with E-state index < -0.39 is 0 Å². The van der Waals surface area contributed by atoms with Crippen LogP contribution in [0.3, 0.4) is 0 Å². The van der Waals surface area contributed by atoms with E-state index in [9.17, 15) is 0 Å². The molecule has 0 fully saturated rings. The highest BCUT2D eigenvalue weighted by Gasteiger charge is 1.95. The van der Waals surface area contributed by atoms with Gasteiger partial charge in [0, 0.05) is 0 Å². The van der Waals surface area contributed by atoms with Crippen molar-refractivity contribution in [3.63, 3.8) is 0 Å². The Bertz CT molecular complexity index is 783. The lowest BCUT2D eigenvalue weighted by atomic mass is 10.0. The topological polar surface area (TPSA) is 9.23 Å². The molecule has 0 radical (unpaired) electrons. The maximum absolute atomic E-state index is 5.17. The van der Waals surface area contributed by atoms with Crippen LogP contribution in [0.4, 0.5) is 0 Å². The van der Waals surface area contributed by atoms with Gasteiger partial charge in [0.05, 0.1) is 7.11 Å². The number of methoxy groups -OCH3 is 1. The standard InChI is InChI=1S/C20H18O/c1-15-3-9-19-14-17(6-10-18(19)13-15)5-4-16-7-11-20(21-2)12-8-16/h3-14H,1-2H3/b5-4+. The van der Waals surface area contributed by atoms with Gasteiger partial charge < -0.3 is 4.74 Å². The molecule has 0 spiro atoms. The summed E-state index contributed by atoms with van der Waals surface area (Å²) in [5, 5.41) is 2.56. The summed E-state index contributed by atoms with van der Waals surface area (Å²) in [6, 6.07) is 21.2. The summed E-state index contributed by atoms with van der Waals surface area (Å²) < 4.78 is 5.17. The molecule has 0 unspecified atom stereocenters. The van der Waals surface area contributed by atoms with Gasteiger partial charge in [-0.15, -0.1) is 0 Å². The lowest BCUT2D eigenvalue weighted by Gasteiger charge is -2.02. The molecule has 1 heteroatoms. The Morgan fingerprint density at radius 2 is 1.33 bits per heavy atom. The molecule has 3 rings (SSSR count). The van der Waals surface area contributed by atoms with Crippen molar-refractivity contribution < 1.29 is 4.74 Å². The molecular formula is C20H18O. The van der Waals surface area contributed by atoms with E-state index in [4.69, 9.17) is 4.74 Å². The molecule has 0 atom stereocenters. The minimum atomic E-state index is 0.883. The van der Waals surface area contributed by atoms with Gasteiger partial charge >= 0.3 is 0 Å². The molecular weight excluding hydrogens is 256 g/mol. The minimum Gasteiger partial charge on any atom is -0.497 e. The zero-order chi connectivity index (χ0) is 14.7. The molecule has 0 N–H and O–H groups in total. The first kappa shape index (κ1) is 13.4. The van der Waals surface area contributed by atoms with Gasteiger partial charge in [0.1, 0.15) is 5.75 Å². The predicted octanol–water partition coefficient (Wildman–Crippen LogP) is 5.33. The maximum Gasteiger partial charge on any atom is 0.118 e. The normalized spacial score (nSPS) is 11.1. The quantitative estimate of drug-likeness (QED) is 0.587.